The molecule has 0 aromatic heterocycles. The summed E-state index contributed by atoms with van der Waals surface area (Å²) < 4.78 is 5.82. The maximum atomic E-state index is 8.96. The molecule has 76 valence electrons. The molecule has 2 saturated carbocycles. The lowest BCUT2D eigenvalue weighted by Crippen LogP contribution is -2.24. The van der Waals surface area contributed by atoms with E-state index in [1.807, 2.05) is 0 Å². The molecule has 0 bridgehead atoms. The minimum atomic E-state index is 0.370. The van der Waals surface area contributed by atoms with Crippen LogP contribution in [0.25, 0.3) is 0 Å². The molecule has 2 nitrogen and oxygen atoms in total. The van der Waals surface area contributed by atoms with Crippen LogP contribution >= 0.6 is 0 Å². The van der Waals surface area contributed by atoms with Crippen molar-refractivity contribution in [1.29, 1.82) is 0 Å². The number of aliphatic hydroxyl groups excluding tert-OH is 1. The second-order valence-electron chi connectivity index (χ2n) is 4.60. The highest BCUT2D eigenvalue weighted by atomic mass is 16.5. The molecular weight excluding hydrogens is 164 g/mol. The number of aliphatic hydroxyl groups is 1. The minimum absolute atomic E-state index is 0.370. The van der Waals surface area contributed by atoms with Gasteiger partial charge in [0, 0.05) is 13.2 Å². The minimum Gasteiger partial charge on any atom is -0.396 e. The highest BCUT2D eigenvalue weighted by Gasteiger charge is 2.25. The quantitative estimate of drug-likeness (QED) is 0.723. The predicted octanol–water partition coefficient (Wildman–Crippen LogP) is 1.96. The van der Waals surface area contributed by atoms with Gasteiger partial charge in [0.05, 0.1) is 6.10 Å². The third-order valence-electron chi connectivity index (χ3n) is 3.32. The van der Waals surface area contributed by atoms with Gasteiger partial charge in [-0.25, -0.2) is 0 Å². The maximum Gasteiger partial charge on any atom is 0.0575 e. The Kier molecular flexibility index (Phi) is 3.23. The molecule has 2 aliphatic rings. The molecule has 0 radical (unpaired) electrons. The summed E-state index contributed by atoms with van der Waals surface area (Å²) in [6.07, 6.45) is 7.91. The molecule has 0 saturated heterocycles. The first kappa shape index (κ1) is 9.47. The highest BCUT2D eigenvalue weighted by Crippen LogP contribution is 2.31. The fourth-order valence-electron chi connectivity index (χ4n) is 2.04. The summed E-state index contributed by atoms with van der Waals surface area (Å²) >= 11 is 0. The van der Waals surface area contributed by atoms with Crippen molar-refractivity contribution in [3.63, 3.8) is 0 Å². The van der Waals surface area contributed by atoms with Gasteiger partial charge in [0.25, 0.3) is 0 Å². The van der Waals surface area contributed by atoms with E-state index in [4.69, 9.17) is 9.84 Å². The van der Waals surface area contributed by atoms with E-state index in [2.05, 4.69) is 0 Å². The molecule has 0 atom stereocenters. The summed E-state index contributed by atoms with van der Waals surface area (Å²) in [5, 5.41) is 8.96. The molecule has 0 aromatic carbocycles. The van der Waals surface area contributed by atoms with Crippen molar-refractivity contribution in [1.82, 2.24) is 0 Å². The van der Waals surface area contributed by atoms with Crippen molar-refractivity contribution in [3.8, 4) is 0 Å². The Morgan fingerprint density at radius 1 is 0.923 bits per heavy atom. The van der Waals surface area contributed by atoms with Gasteiger partial charge in [-0.2, -0.15) is 0 Å². The van der Waals surface area contributed by atoms with Crippen LogP contribution in [0.4, 0.5) is 0 Å². The summed E-state index contributed by atoms with van der Waals surface area (Å²) in [6, 6.07) is 0. The van der Waals surface area contributed by atoms with E-state index in [-0.39, 0.29) is 0 Å². The van der Waals surface area contributed by atoms with Crippen LogP contribution < -0.4 is 0 Å². The molecule has 0 heterocycles. The molecular formula is C11H20O2. The lowest BCUT2D eigenvalue weighted by atomic mass is 9.88. The zero-order valence-corrected chi connectivity index (χ0v) is 8.24. The van der Waals surface area contributed by atoms with Gasteiger partial charge >= 0.3 is 0 Å². The largest absolute Gasteiger partial charge is 0.396 e. The Morgan fingerprint density at radius 3 is 2.08 bits per heavy atom. The van der Waals surface area contributed by atoms with Crippen molar-refractivity contribution in [3.05, 3.63) is 0 Å². The molecule has 0 aromatic rings. The first-order valence-corrected chi connectivity index (χ1v) is 5.61. The van der Waals surface area contributed by atoms with Crippen LogP contribution in [-0.4, -0.2) is 24.4 Å². The van der Waals surface area contributed by atoms with E-state index < -0.39 is 0 Å². The fraction of sp³-hybridized carbons (Fsp3) is 1.00. The Morgan fingerprint density at radius 2 is 1.54 bits per heavy atom. The molecule has 1 N–H and O–H groups in total. The molecule has 13 heavy (non-hydrogen) atoms. The zero-order chi connectivity index (χ0) is 9.10. The van der Waals surface area contributed by atoms with Crippen LogP contribution in [-0.2, 0) is 4.74 Å². The van der Waals surface area contributed by atoms with Gasteiger partial charge in [-0.05, 0) is 50.4 Å². The van der Waals surface area contributed by atoms with Gasteiger partial charge in [-0.15, -0.1) is 0 Å². The molecule has 2 rings (SSSR count). The molecule has 0 spiro atoms. The SMILES string of the molecule is OCC1CCC(OCC2CC2)CC1. The van der Waals surface area contributed by atoms with Gasteiger partial charge in [0.2, 0.25) is 0 Å². The number of hydrogen-bond acceptors (Lipinski definition) is 2. The first-order valence-electron chi connectivity index (χ1n) is 5.61. The normalized spacial score (nSPS) is 34.8. The van der Waals surface area contributed by atoms with Crippen LogP contribution in [0.15, 0.2) is 0 Å². The Labute approximate surface area is 80.3 Å². The first-order chi connectivity index (χ1) is 6.38. The monoisotopic (exact) mass is 184 g/mol. The van der Waals surface area contributed by atoms with Crippen LogP contribution in [0.3, 0.4) is 0 Å². The van der Waals surface area contributed by atoms with E-state index in [1.165, 1.54) is 12.8 Å². The van der Waals surface area contributed by atoms with Crippen molar-refractivity contribution in [2.24, 2.45) is 11.8 Å². The van der Waals surface area contributed by atoms with E-state index in [1.54, 1.807) is 0 Å². The van der Waals surface area contributed by atoms with E-state index in [0.717, 1.165) is 38.2 Å². The van der Waals surface area contributed by atoms with Crippen LogP contribution in [0.5, 0.6) is 0 Å². The second kappa shape index (κ2) is 4.43. The average Bonchev–Trinajstić information content (AvgIpc) is 2.99. The van der Waals surface area contributed by atoms with Crippen molar-refractivity contribution in [2.45, 2.75) is 44.6 Å². The van der Waals surface area contributed by atoms with E-state index >= 15 is 0 Å². The topological polar surface area (TPSA) is 29.5 Å². The summed E-state index contributed by atoms with van der Waals surface area (Å²) in [5.74, 6) is 1.44. The summed E-state index contributed by atoms with van der Waals surface area (Å²) in [6.45, 7) is 1.36. The third-order valence-corrected chi connectivity index (χ3v) is 3.32. The van der Waals surface area contributed by atoms with Crippen LogP contribution in [0.1, 0.15) is 38.5 Å². The highest BCUT2D eigenvalue weighted by molar-refractivity contribution is 4.76. The predicted molar refractivity (Wildman–Crippen MR) is 51.5 cm³/mol. The summed E-state index contributed by atoms with van der Waals surface area (Å²) in [5.41, 5.74) is 0. The van der Waals surface area contributed by atoms with Crippen LogP contribution in [0, 0.1) is 11.8 Å². The fourth-order valence-corrected chi connectivity index (χ4v) is 2.04. The molecule has 2 fully saturated rings. The standard InChI is InChI=1S/C11H20O2/c12-7-9-3-5-11(6-4-9)13-8-10-1-2-10/h9-12H,1-8H2. The van der Waals surface area contributed by atoms with Gasteiger partial charge in [-0.1, -0.05) is 0 Å². The molecule has 2 heteroatoms. The van der Waals surface area contributed by atoms with Gasteiger partial charge in [0.1, 0.15) is 0 Å². The third kappa shape index (κ3) is 2.96. The second-order valence-corrected chi connectivity index (χ2v) is 4.60. The number of ether oxygens (including phenoxy) is 1. The van der Waals surface area contributed by atoms with Crippen molar-refractivity contribution >= 4 is 0 Å². The Balaban J connectivity index is 1.59. The molecule has 0 aliphatic heterocycles. The molecule has 2 aliphatic carbocycles. The van der Waals surface area contributed by atoms with E-state index in [9.17, 15) is 0 Å². The summed E-state index contributed by atoms with van der Waals surface area (Å²) in [7, 11) is 0. The Hall–Kier alpha value is -0.0800. The maximum absolute atomic E-state index is 8.96. The number of rotatable bonds is 4. The average molecular weight is 184 g/mol. The Bertz CT molecular complexity index is 146. The molecule has 0 amide bonds. The van der Waals surface area contributed by atoms with Gasteiger partial charge in [-0.3, -0.25) is 0 Å². The molecule has 0 unspecified atom stereocenters. The smallest absolute Gasteiger partial charge is 0.0575 e. The lowest BCUT2D eigenvalue weighted by molar-refractivity contribution is 0.00617. The number of hydrogen-bond donors (Lipinski definition) is 1. The van der Waals surface area contributed by atoms with Gasteiger partial charge in [0.15, 0.2) is 0 Å². The van der Waals surface area contributed by atoms with Crippen molar-refractivity contribution in [2.75, 3.05) is 13.2 Å². The zero-order valence-electron chi connectivity index (χ0n) is 8.24. The van der Waals surface area contributed by atoms with E-state index in [0.29, 0.717) is 18.6 Å². The summed E-state index contributed by atoms with van der Waals surface area (Å²) in [4.78, 5) is 0. The van der Waals surface area contributed by atoms with Crippen molar-refractivity contribution < 1.29 is 9.84 Å². The van der Waals surface area contributed by atoms with Crippen LogP contribution in [0.2, 0.25) is 0 Å². The lowest BCUT2D eigenvalue weighted by Gasteiger charge is -2.27. The van der Waals surface area contributed by atoms with Gasteiger partial charge < -0.3 is 9.84 Å².